The highest BCUT2D eigenvalue weighted by Gasteiger charge is 2.30. The Balaban J connectivity index is 1.87. The first-order chi connectivity index (χ1) is 11.8. The number of piperazine rings is 1. The van der Waals surface area contributed by atoms with Gasteiger partial charge in [-0.1, -0.05) is 27.5 Å². The fourth-order valence-corrected chi connectivity index (χ4v) is 5.13. The summed E-state index contributed by atoms with van der Waals surface area (Å²) in [6.07, 6.45) is 1.10. The fraction of sp³-hybridized carbons (Fsp3) is 0.562. The number of esters is 1. The van der Waals surface area contributed by atoms with Crippen LogP contribution in [0.25, 0.3) is 0 Å². The van der Waals surface area contributed by atoms with Gasteiger partial charge < -0.3 is 9.64 Å². The lowest BCUT2D eigenvalue weighted by Gasteiger charge is -2.34. The second-order valence-corrected chi connectivity index (χ2v) is 8.96. The molecule has 0 spiro atoms. The minimum Gasteiger partial charge on any atom is -0.466 e. The number of hydrogen-bond donors (Lipinski definition) is 0. The van der Waals surface area contributed by atoms with Gasteiger partial charge in [-0.3, -0.25) is 4.79 Å². The van der Waals surface area contributed by atoms with Crippen molar-refractivity contribution >= 4 is 43.5 Å². The molecule has 0 N–H and O–H groups in total. The van der Waals surface area contributed by atoms with Crippen LogP contribution in [0.5, 0.6) is 0 Å². The number of sulfonamides is 1. The van der Waals surface area contributed by atoms with Crippen LogP contribution >= 0.6 is 27.5 Å². The maximum Gasteiger partial charge on any atom is 0.305 e. The van der Waals surface area contributed by atoms with Crippen LogP contribution in [0.3, 0.4) is 0 Å². The molecule has 1 fully saturated rings. The molecule has 0 atom stereocenters. The van der Waals surface area contributed by atoms with Gasteiger partial charge in [-0.25, -0.2) is 8.42 Å². The molecule has 0 saturated carbocycles. The molecule has 0 amide bonds. The van der Waals surface area contributed by atoms with Crippen LogP contribution in [-0.4, -0.2) is 62.9 Å². The summed E-state index contributed by atoms with van der Waals surface area (Å²) in [6, 6.07) is 4.78. The van der Waals surface area contributed by atoms with Crippen LogP contribution < -0.4 is 0 Å². The Morgan fingerprint density at radius 1 is 1.28 bits per heavy atom. The first kappa shape index (κ1) is 20.6. The summed E-state index contributed by atoms with van der Waals surface area (Å²) in [7, 11) is -3.59. The van der Waals surface area contributed by atoms with Gasteiger partial charge in [0.1, 0.15) is 4.90 Å². The van der Waals surface area contributed by atoms with Crippen molar-refractivity contribution in [1.82, 2.24) is 9.21 Å². The van der Waals surface area contributed by atoms with Crippen LogP contribution in [-0.2, 0) is 19.6 Å². The van der Waals surface area contributed by atoms with Crippen molar-refractivity contribution in [1.29, 1.82) is 0 Å². The molecule has 0 unspecified atom stereocenters. The third-order valence-electron chi connectivity index (χ3n) is 4.00. The molecule has 9 heteroatoms. The number of carbonyl (C=O) groups excluding carboxylic acids is 1. The van der Waals surface area contributed by atoms with E-state index in [0.717, 1.165) is 11.0 Å². The third kappa shape index (κ3) is 5.65. The monoisotopic (exact) mass is 452 g/mol. The van der Waals surface area contributed by atoms with E-state index in [1.165, 1.54) is 10.4 Å². The number of ether oxygens (including phenoxy) is 1. The summed E-state index contributed by atoms with van der Waals surface area (Å²) < 4.78 is 32.6. The number of carbonyl (C=O) groups is 1. The van der Waals surface area contributed by atoms with Gasteiger partial charge in [-0.15, -0.1) is 0 Å². The zero-order valence-electron chi connectivity index (χ0n) is 14.1. The Kier molecular flexibility index (Phi) is 7.69. The maximum absolute atomic E-state index is 12.7. The smallest absolute Gasteiger partial charge is 0.305 e. The molecule has 1 aromatic carbocycles. The molecule has 25 heavy (non-hydrogen) atoms. The van der Waals surface area contributed by atoms with Crippen molar-refractivity contribution in [3.63, 3.8) is 0 Å². The molecule has 0 bridgehead atoms. The van der Waals surface area contributed by atoms with Crippen molar-refractivity contribution in [3.05, 3.63) is 27.7 Å². The summed E-state index contributed by atoms with van der Waals surface area (Å²) >= 11 is 9.37. The lowest BCUT2D eigenvalue weighted by Crippen LogP contribution is -2.48. The van der Waals surface area contributed by atoms with Crippen LogP contribution in [0.15, 0.2) is 27.6 Å². The summed E-state index contributed by atoms with van der Waals surface area (Å²) in [5.74, 6) is -0.186. The van der Waals surface area contributed by atoms with E-state index in [0.29, 0.717) is 45.6 Å². The van der Waals surface area contributed by atoms with Crippen molar-refractivity contribution in [2.45, 2.75) is 24.7 Å². The normalized spacial score (nSPS) is 16.8. The summed E-state index contributed by atoms with van der Waals surface area (Å²) in [4.78, 5) is 13.6. The first-order valence-electron chi connectivity index (χ1n) is 8.17. The highest BCUT2D eigenvalue weighted by atomic mass is 79.9. The Morgan fingerprint density at radius 3 is 2.56 bits per heavy atom. The molecule has 140 valence electrons. The van der Waals surface area contributed by atoms with Gasteiger partial charge in [-0.2, -0.15) is 4.31 Å². The Labute approximate surface area is 162 Å². The lowest BCUT2D eigenvalue weighted by molar-refractivity contribution is -0.143. The summed E-state index contributed by atoms with van der Waals surface area (Å²) in [5, 5.41) is 0.214. The molecular weight excluding hydrogens is 432 g/mol. The van der Waals surface area contributed by atoms with E-state index in [4.69, 9.17) is 16.3 Å². The number of benzene rings is 1. The molecule has 2 rings (SSSR count). The van der Waals surface area contributed by atoms with Crippen molar-refractivity contribution in [2.75, 3.05) is 39.3 Å². The number of halogens is 2. The molecule has 1 aliphatic rings. The van der Waals surface area contributed by atoms with Gasteiger partial charge in [0, 0.05) is 37.1 Å². The van der Waals surface area contributed by atoms with Gasteiger partial charge in [0.25, 0.3) is 0 Å². The lowest BCUT2D eigenvalue weighted by atomic mass is 10.2. The van der Waals surface area contributed by atoms with Gasteiger partial charge in [0.15, 0.2) is 0 Å². The Bertz CT molecular complexity index is 706. The van der Waals surface area contributed by atoms with E-state index < -0.39 is 10.0 Å². The van der Waals surface area contributed by atoms with E-state index >= 15 is 0 Å². The van der Waals surface area contributed by atoms with Crippen molar-refractivity contribution in [2.24, 2.45) is 0 Å². The van der Waals surface area contributed by atoms with Crippen LogP contribution in [0.2, 0.25) is 5.02 Å². The molecule has 1 saturated heterocycles. The maximum atomic E-state index is 12.7. The average molecular weight is 454 g/mol. The fourth-order valence-electron chi connectivity index (χ4n) is 2.70. The van der Waals surface area contributed by atoms with Crippen molar-refractivity contribution < 1.29 is 17.9 Å². The van der Waals surface area contributed by atoms with E-state index in [-0.39, 0.29) is 15.9 Å². The molecule has 1 aromatic rings. The van der Waals surface area contributed by atoms with E-state index in [1.807, 2.05) is 0 Å². The molecule has 0 aliphatic carbocycles. The van der Waals surface area contributed by atoms with Crippen LogP contribution in [0, 0.1) is 0 Å². The number of hydrogen-bond acceptors (Lipinski definition) is 5. The number of nitrogens with zero attached hydrogens (tertiary/aromatic N) is 2. The predicted octanol–water partition coefficient (Wildman–Crippen LogP) is 2.75. The highest BCUT2D eigenvalue weighted by molar-refractivity contribution is 9.10. The summed E-state index contributed by atoms with van der Waals surface area (Å²) in [6.45, 7) is 5.03. The first-order valence-corrected chi connectivity index (χ1v) is 10.8. The quantitative estimate of drug-likeness (QED) is 0.594. The van der Waals surface area contributed by atoms with Crippen molar-refractivity contribution in [3.8, 4) is 0 Å². The standard InChI is InChI=1S/C16H22BrClN2O4S/c1-2-24-16(21)4-3-7-19-8-10-20(11-9-19)25(22,23)15-6-5-13(17)12-14(15)18/h5-6,12H,2-4,7-11H2,1H3. The molecule has 0 aromatic heterocycles. The minimum atomic E-state index is -3.59. The third-order valence-corrected chi connectivity index (χ3v) is 6.88. The number of rotatable bonds is 7. The second kappa shape index (κ2) is 9.32. The van der Waals surface area contributed by atoms with Crippen LogP contribution in [0.4, 0.5) is 0 Å². The molecular formula is C16H22BrClN2O4S. The highest BCUT2D eigenvalue weighted by Crippen LogP contribution is 2.28. The molecule has 1 aliphatic heterocycles. The SMILES string of the molecule is CCOC(=O)CCCN1CCN(S(=O)(=O)c2ccc(Br)cc2Cl)CC1. The van der Waals surface area contributed by atoms with E-state index in [1.54, 1.807) is 19.1 Å². The van der Waals surface area contributed by atoms with Gasteiger partial charge in [0.2, 0.25) is 10.0 Å². The predicted molar refractivity (Wildman–Crippen MR) is 100 cm³/mol. The van der Waals surface area contributed by atoms with E-state index in [2.05, 4.69) is 20.8 Å². The van der Waals surface area contributed by atoms with Gasteiger partial charge in [-0.05, 0) is 38.1 Å². The molecule has 6 nitrogen and oxygen atoms in total. The molecule has 0 radical (unpaired) electrons. The van der Waals surface area contributed by atoms with E-state index in [9.17, 15) is 13.2 Å². The minimum absolute atomic E-state index is 0.133. The zero-order chi connectivity index (χ0) is 18.4. The second-order valence-electron chi connectivity index (χ2n) is 5.73. The Morgan fingerprint density at radius 2 is 1.96 bits per heavy atom. The van der Waals surface area contributed by atoms with Crippen LogP contribution in [0.1, 0.15) is 19.8 Å². The van der Waals surface area contributed by atoms with Gasteiger partial charge in [0.05, 0.1) is 11.6 Å². The largest absolute Gasteiger partial charge is 0.466 e. The topological polar surface area (TPSA) is 66.9 Å². The molecule has 1 heterocycles. The van der Waals surface area contributed by atoms with Gasteiger partial charge >= 0.3 is 5.97 Å². The average Bonchev–Trinajstić information content (AvgIpc) is 2.55. The zero-order valence-corrected chi connectivity index (χ0v) is 17.2. The Hall–Kier alpha value is -0.670. The summed E-state index contributed by atoms with van der Waals surface area (Å²) in [5.41, 5.74) is 0.